The third kappa shape index (κ3) is 2.93. The van der Waals surface area contributed by atoms with Gasteiger partial charge >= 0.3 is 0 Å². The van der Waals surface area contributed by atoms with Crippen LogP contribution in [0.3, 0.4) is 0 Å². The van der Waals surface area contributed by atoms with E-state index in [9.17, 15) is 4.79 Å². The summed E-state index contributed by atoms with van der Waals surface area (Å²) in [6, 6.07) is 0. The SMILES string of the molecule is Cc1noc(C)c1/C=C/C(=O)/C=C/c1c(C)noc1C. The molecule has 0 fully saturated rings. The van der Waals surface area contributed by atoms with Crippen LogP contribution in [-0.4, -0.2) is 16.1 Å². The first-order chi connectivity index (χ1) is 9.49. The van der Waals surface area contributed by atoms with Crippen molar-refractivity contribution in [3.8, 4) is 0 Å². The molecule has 0 aliphatic rings. The number of ketones is 1. The predicted molar refractivity (Wildman–Crippen MR) is 75.0 cm³/mol. The molecule has 5 nitrogen and oxygen atoms in total. The average Bonchev–Trinajstić information content (AvgIpc) is 2.89. The summed E-state index contributed by atoms with van der Waals surface area (Å²) in [5.74, 6) is 1.27. The minimum Gasteiger partial charge on any atom is -0.361 e. The summed E-state index contributed by atoms with van der Waals surface area (Å²) in [7, 11) is 0. The molecule has 0 spiro atoms. The van der Waals surface area contributed by atoms with E-state index in [1.54, 1.807) is 12.2 Å². The fourth-order valence-corrected chi connectivity index (χ4v) is 1.84. The monoisotopic (exact) mass is 272 g/mol. The number of aryl methyl sites for hydroxylation is 4. The van der Waals surface area contributed by atoms with Crippen LogP contribution >= 0.6 is 0 Å². The number of allylic oxidation sites excluding steroid dienone is 2. The largest absolute Gasteiger partial charge is 0.361 e. The van der Waals surface area contributed by atoms with Crippen LogP contribution in [0.5, 0.6) is 0 Å². The Balaban J connectivity index is 2.10. The number of hydrogen-bond donors (Lipinski definition) is 0. The highest BCUT2D eigenvalue weighted by Gasteiger charge is 2.06. The lowest BCUT2D eigenvalue weighted by atomic mass is 10.1. The van der Waals surface area contributed by atoms with E-state index in [-0.39, 0.29) is 5.78 Å². The van der Waals surface area contributed by atoms with Gasteiger partial charge in [-0.2, -0.15) is 0 Å². The third-order valence-corrected chi connectivity index (χ3v) is 3.01. The van der Waals surface area contributed by atoms with Crippen molar-refractivity contribution in [1.29, 1.82) is 0 Å². The quantitative estimate of drug-likeness (QED) is 0.799. The molecule has 2 rings (SSSR count). The molecule has 5 heteroatoms. The maximum atomic E-state index is 11.8. The molecule has 0 unspecified atom stereocenters. The van der Waals surface area contributed by atoms with E-state index in [0.29, 0.717) is 11.5 Å². The van der Waals surface area contributed by atoms with Crippen molar-refractivity contribution in [2.24, 2.45) is 0 Å². The van der Waals surface area contributed by atoms with Gasteiger partial charge in [0.15, 0.2) is 5.78 Å². The van der Waals surface area contributed by atoms with Gasteiger partial charge in [-0.1, -0.05) is 10.3 Å². The van der Waals surface area contributed by atoms with Gasteiger partial charge in [0.1, 0.15) is 11.5 Å². The van der Waals surface area contributed by atoms with Crippen LogP contribution in [0, 0.1) is 27.7 Å². The molecule has 20 heavy (non-hydrogen) atoms. The molecular weight excluding hydrogens is 256 g/mol. The summed E-state index contributed by atoms with van der Waals surface area (Å²) in [6.45, 7) is 7.29. The summed E-state index contributed by atoms with van der Waals surface area (Å²) in [4.78, 5) is 11.8. The zero-order valence-corrected chi connectivity index (χ0v) is 11.9. The zero-order chi connectivity index (χ0) is 14.7. The van der Waals surface area contributed by atoms with Gasteiger partial charge in [0.2, 0.25) is 0 Å². The van der Waals surface area contributed by atoms with Gasteiger partial charge in [0.25, 0.3) is 0 Å². The van der Waals surface area contributed by atoms with Gasteiger partial charge in [-0.15, -0.1) is 0 Å². The highest BCUT2D eigenvalue weighted by Crippen LogP contribution is 2.15. The lowest BCUT2D eigenvalue weighted by molar-refractivity contribution is -0.110. The van der Waals surface area contributed by atoms with Gasteiger partial charge in [-0.05, 0) is 52.0 Å². The molecule has 0 aliphatic carbocycles. The predicted octanol–water partition coefficient (Wildman–Crippen LogP) is 3.19. The summed E-state index contributed by atoms with van der Waals surface area (Å²) < 4.78 is 10.1. The normalized spacial score (nSPS) is 11.8. The fraction of sp³-hybridized carbons (Fsp3) is 0.267. The lowest BCUT2D eigenvalue weighted by Crippen LogP contribution is -1.87. The molecule has 0 amide bonds. The molecule has 2 aromatic rings. The van der Waals surface area contributed by atoms with Crippen LogP contribution in [0.1, 0.15) is 34.0 Å². The summed E-state index contributed by atoms with van der Waals surface area (Å²) in [6.07, 6.45) is 6.39. The first-order valence-corrected chi connectivity index (χ1v) is 6.25. The Morgan fingerprint density at radius 2 is 1.25 bits per heavy atom. The molecule has 2 heterocycles. The molecule has 0 bridgehead atoms. The Morgan fingerprint density at radius 3 is 1.55 bits per heavy atom. The van der Waals surface area contributed by atoms with Crippen LogP contribution in [0.25, 0.3) is 12.2 Å². The molecule has 0 aliphatic heterocycles. The van der Waals surface area contributed by atoms with Gasteiger partial charge < -0.3 is 9.05 Å². The van der Waals surface area contributed by atoms with Crippen LogP contribution in [0.15, 0.2) is 21.2 Å². The van der Waals surface area contributed by atoms with Gasteiger partial charge in [0.05, 0.1) is 11.4 Å². The van der Waals surface area contributed by atoms with Crippen molar-refractivity contribution in [3.63, 3.8) is 0 Å². The number of carbonyl (C=O) groups is 1. The van der Waals surface area contributed by atoms with Crippen molar-refractivity contribution in [2.75, 3.05) is 0 Å². The maximum Gasteiger partial charge on any atom is 0.178 e. The minimum absolute atomic E-state index is 0.120. The van der Waals surface area contributed by atoms with Crippen molar-refractivity contribution in [2.45, 2.75) is 27.7 Å². The number of nitrogens with zero attached hydrogens (tertiary/aromatic N) is 2. The van der Waals surface area contributed by atoms with Crippen LogP contribution < -0.4 is 0 Å². The van der Waals surface area contributed by atoms with E-state index in [0.717, 1.165) is 22.5 Å². The van der Waals surface area contributed by atoms with E-state index >= 15 is 0 Å². The van der Waals surface area contributed by atoms with Crippen molar-refractivity contribution in [1.82, 2.24) is 10.3 Å². The summed E-state index contributed by atoms with van der Waals surface area (Å²) in [5, 5.41) is 7.66. The molecule has 0 saturated heterocycles. The second-order valence-electron chi connectivity index (χ2n) is 4.54. The Hall–Kier alpha value is -2.43. The second kappa shape index (κ2) is 5.69. The molecule has 104 valence electrons. The lowest BCUT2D eigenvalue weighted by Gasteiger charge is -1.90. The van der Waals surface area contributed by atoms with E-state index < -0.39 is 0 Å². The standard InChI is InChI=1S/C15H16N2O3/c1-9-14(11(3)19-16-9)7-5-13(18)6-8-15-10(2)17-20-12(15)4/h5-8H,1-4H3/b7-5+,8-6+. The fourth-order valence-electron chi connectivity index (χ4n) is 1.84. The van der Waals surface area contributed by atoms with E-state index in [4.69, 9.17) is 9.05 Å². The summed E-state index contributed by atoms with van der Waals surface area (Å²) in [5.41, 5.74) is 3.20. The maximum absolute atomic E-state index is 11.8. The first kappa shape index (κ1) is 14.0. The number of carbonyl (C=O) groups excluding carboxylic acids is 1. The van der Waals surface area contributed by atoms with Gasteiger partial charge in [-0.25, -0.2) is 0 Å². The van der Waals surface area contributed by atoms with Crippen LogP contribution in [0.4, 0.5) is 0 Å². The van der Waals surface area contributed by atoms with Crippen molar-refractivity contribution in [3.05, 3.63) is 46.2 Å². The minimum atomic E-state index is -0.120. The molecule has 0 saturated carbocycles. The van der Waals surface area contributed by atoms with Gasteiger partial charge in [0, 0.05) is 11.1 Å². The third-order valence-electron chi connectivity index (χ3n) is 3.01. The average molecular weight is 272 g/mol. The molecular formula is C15H16N2O3. The van der Waals surface area contributed by atoms with Gasteiger partial charge in [-0.3, -0.25) is 4.79 Å². The molecule has 0 radical (unpaired) electrons. The topological polar surface area (TPSA) is 69.1 Å². The highest BCUT2D eigenvalue weighted by molar-refractivity contribution is 6.04. The van der Waals surface area contributed by atoms with E-state index in [2.05, 4.69) is 10.3 Å². The first-order valence-electron chi connectivity index (χ1n) is 6.25. The second-order valence-corrected chi connectivity index (χ2v) is 4.54. The Labute approximate surface area is 116 Å². The van der Waals surface area contributed by atoms with Crippen molar-refractivity contribution >= 4 is 17.9 Å². The number of aromatic nitrogens is 2. The Kier molecular flexibility index (Phi) is 3.98. The number of hydrogen-bond acceptors (Lipinski definition) is 5. The summed E-state index contributed by atoms with van der Waals surface area (Å²) >= 11 is 0. The van der Waals surface area contributed by atoms with Crippen LogP contribution in [-0.2, 0) is 4.79 Å². The highest BCUT2D eigenvalue weighted by atomic mass is 16.5. The smallest absolute Gasteiger partial charge is 0.178 e. The van der Waals surface area contributed by atoms with Crippen LogP contribution in [0.2, 0.25) is 0 Å². The zero-order valence-electron chi connectivity index (χ0n) is 11.9. The Morgan fingerprint density at radius 1 is 0.850 bits per heavy atom. The molecule has 2 aromatic heterocycles. The number of rotatable bonds is 4. The molecule has 0 aromatic carbocycles. The van der Waals surface area contributed by atoms with Crippen molar-refractivity contribution < 1.29 is 13.8 Å². The molecule has 0 N–H and O–H groups in total. The van der Waals surface area contributed by atoms with E-state index in [1.165, 1.54) is 12.2 Å². The Bertz CT molecular complexity index is 593. The van der Waals surface area contributed by atoms with E-state index in [1.807, 2.05) is 27.7 Å². The molecule has 0 atom stereocenters.